The summed E-state index contributed by atoms with van der Waals surface area (Å²) in [6.07, 6.45) is 15.9. The highest BCUT2D eigenvalue weighted by atomic mass is 16.2. The van der Waals surface area contributed by atoms with Crippen molar-refractivity contribution in [1.82, 2.24) is 4.98 Å². The van der Waals surface area contributed by atoms with Gasteiger partial charge in [-0.25, -0.2) is 4.98 Å². The van der Waals surface area contributed by atoms with Crippen molar-refractivity contribution in [2.75, 3.05) is 5.32 Å². The summed E-state index contributed by atoms with van der Waals surface area (Å²) in [5, 5.41) is 2.83. The molecule has 0 fully saturated rings. The van der Waals surface area contributed by atoms with Crippen LogP contribution in [-0.2, 0) is 14.4 Å². The van der Waals surface area contributed by atoms with Crippen molar-refractivity contribution in [3.63, 3.8) is 0 Å². The van der Waals surface area contributed by atoms with Crippen LogP contribution < -0.4 is 16.8 Å². The predicted molar refractivity (Wildman–Crippen MR) is 142 cm³/mol. The lowest BCUT2D eigenvalue weighted by Crippen LogP contribution is -2.43. The van der Waals surface area contributed by atoms with E-state index in [1.54, 1.807) is 12.3 Å². The van der Waals surface area contributed by atoms with E-state index in [4.69, 9.17) is 11.5 Å². The van der Waals surface area contributed by atoms with Crippen molar-refractivity contribution in [2.45, 2.75) is 72.3 Å². The number of rotatable bonds is 16. The largest absolute Gasteiger partial charge is 0.369 e. The molecule has 0 saturated carbocycles. The molecule has 0 aliphatic heterocycles. The van der Waals surface area contributed by atoms with Gasteiger partial charge in [0, 0.05) is 24.6 Å². The first kappa shape index (κ1) is 30.0. The Kier molecular flexibility index (Phi) is 14.2. The molecule has 0 aliphatic carbocycles. The van der Waals surface area contributed by atoms with Gasteiger partial charge >= 0.3 is 0 Å². The molecule has 1 aromatic heterocycles. The van der Waals surface area contributed by atoms with E-state index in [1.807, 2.05) is 44.2 Å². The Labute approximate surface area is 210 Å². The number of anilines is 1. The molecule has 0 radical (unpaired) electrons. The van der Waals surface area contributed by atoms with Crippen LogP contribution in [0.4, 0.5) is 5.82 Å². The number of nitrogens with zero attached hydrogens (tertiary/aromatic N) is 1. The monoisotopic (exact) mass is 482 g/mol. The van der Waals surface area contributed by atoms with Crippen molar-refractivity contribution < 1.29 is 14.4 Å². The molecule has 1 rings (SSSR count). The number of hydrogen-bond donors (Lipinski definition) is 3. The molecule has 5 N–H and O–H groups in total. The van der Waals surface area contributed by atoms with Gasteiger partial charge in [0.2, 0.25) is 11.8 Å². The molecule has 4 atom stereocenters. The second-order valence-corrected chi connectivity index (χ2v) is 9.33. The second-order valence-electron chi connectivity index (χ2n) is 9.33. The van der Waals surface area contributed by atoms with Crippen LogP contribution in [0, 0.1) is 17.8 Å². The van der Waals surface area contributed by atoms with E-state index in [-0.39, 0.29) is 29.6 Å². The van der Waals surface area contributed by atoms with Crippen LogP contribution >= 0.6 is 0 Å². The highest BCUT2D eigenvalue weighted by Crippen LogP contribution is 2.20. The maximum absolute atomic E-state index is 12.3. The third kappa shape index (κ3) is 12.8. The second kappa shape index (κ2) is 16.5. The highest BCUT2D eigenvalue weighted by molar-refractivity contribution is 5.91. The molecule has 192 valence electrons. The summed E-state index contributed by atoms with van der Waals surface area (Å²) in [5.74, 6) is -0.418. The Morgan fingerprint density at radius 3 is 2.40 bits per heavy atom. The lowest BCUT2D eigenvalue weighted by molar-refractivity contribution is -0.123. The summed E-state index contributed by atoms with van der Waals surface area (Å²) in [6.45, 7) is 7.49. The first-order chi connectivity index (χ1) is 16.6. The molecule has 0 aromatic carbocycles. The average Bonchev–Trinajstić information content (AvgIpc) is 2.81. The molecule has 0 bridgehead atoms. The van der Waals surface area contributed by atoms with Crippen molar-refractivity contribution in [2.24, 2.45) is 29.2 Å². The van der Waals surface area contributed by atoms with Gasteiger partial charge in [-0.05, 0) is 64.0 Å². The number of nitrogens with one attached hydrogen (secondary N) is 1. The number of nitrogens with two attached hydrogens (primary N) is 2. The first-order valence-corrected chi connectivity index (χ1v) is 12.3. The number of carbonyl (C=O) groups excluding carboxylic acids is 3. The third-order valence-electron chi connectivity index (χ3n) is 6.07. The number of amides is 2. The fourth-order valence-corrected chi connectivity index (χ4v) is 3.57. The predicted octanol–water partition coefficient (Wildman–Crippen LogP) is 4.71. The van der Waals surface area contributed by atoms with E-state index in [9.17, 15) is 14.4 Å². The van der Waals surface area contributed by atoms with Crippen molar-refractivity contribution in [3.8, 4) is 0 Å². The first-order valence-electron chi connectivity index (χ1n) is 12.3. The smallest absolute Gasteiger partial charge is 0.228 e. The summed E-state index contributed by atoms with van der Waals surface area (Å²) in [4.78, 5) is 39.3. The molecule has 0 aliphatic rings. The minimum Gasteiger partial charge on any atom is -0.369 e. The van der Waals surface area contributed by atoms with Gasteiger partial charge in [0.15, 0.2) is 0 Å². The zero-order valence-corrected chi connectivity index (χ0v) is 21.6. The Morgan fingerprint density at radius 2 is 1.77 bits per heavy atom. The van der Waals surface area contributed by atoms with Crippen LogP contribution in [0.15, 0.2) is 60.3 Å². The summed E-state index contributed by atoms with van der Waals surface area (Å²) >= 11 is 0. The highest BCUT2D eigenvalue weighted by Gasteiger charge is 2.27. The molecule has 1 aromatic rings. The lowest BCUT2D eigenvalue weighted by atomic mass is 9.84. The molecule has 35 heavy (non-hydrogen) atoms. The molecule has 1 heterocycles. The van der Waals surface area contributed by atoms with Gasteiger partial charge in [0.1, 0.15) is 11.6 Å². The maximum Gasteiger partial charge on any atom is 0.228 e. The van der Waals surface area contributed by atoms with Gasteiger partial charge in [-0.2, -0.15) is 0 Å². The van der Waals surface area contributed by atoms with Gasteiger partial charge in [0.05, 0.1) is 5.92 Å². The Balaban J connectivity index is 2.35. The average molecular weight is 483 g/mol. The summed E-state index contributed by atoms with van der Waals surface area (Å²) in [5.41, 5.74) is 13.0. The number of primary amides is 1. The Hall–Kier alpha value is -3.06. The van der Waals surface area contributed by atoms with E-state index < -0.39 is 11.8 Å². The van der Waals surface area contributed by atoms with E-state index in [0.29, 0.717) is 25.1 Å². The quantitative estimate of drug-likeness (QED) is 0.232. The number of pyridine rings is 1. The molecule has 0 spiro atoms. The fraction of sp³-hybridized carbons (Fsp3) is 0.500. The fourth-order valence-electron chi connectivity index (χ4n) is 3.57. The number of ketones is 1. The number of hydrogen-bond acceptors (Lipinski definition) is 5. The van der Waals surface area contributed by atoms with Crippen LogP contribution in [0.2, 0.25) is 0 Å². The Bertz CT molecular complexity index is 893. The van der Waals surface area contributed by atoms with Gasteiger partial charge < -0.3 is 21.6 Å². The maximum atomic E-state index is 12.3. The van der Waals surface area contributed by atoms with Crippen LogP contribution in [0.3, 0.4) is 0 Å². The minimum atomic E-state index is -0.489. The molecule has 0 saturated heterocycles. The molecule has 1 unspecified atom stereocenters. The van der Waals surface area contributed by atoms with Crippen molar-refractivity contribution in [3.05, 3.63) is 60.3 Å². The number of Topliss-reactive ketones (excluding diaryl/α,β-unsaturated/α-hetero) is 1. The van der Waals surface area contributed by atoms with Gasteiger partial charge in [-0.15, -0.1) is 0 Å². The van der Waals surface area contributed by atoms with E-state index in [0.717, 1.165) is 19.3 Å². The summed E-state index contributed by atoms with van der Waals surface area (Å²) in [7, 11) is 0. The van der Waals surface area contributed by atoms with Gasteiger partial charge in [0.25, 0.3) is 0 Å². The summed E-state index contributed by atoms with van der Waals surface area (Å²) in [6, 6.07) is 5.05. The zero-order chi connectivity index (χ0) is 26.2. The SMILES string of the molecule is CC(=O)CC[C@@H](C(N)=O)[C@H](N)[C@@H](C)C/C=C/C=C/CC/C(C)=C/CC(C)C(=O)Nc1ccccn1. The van der Waals surface area contributed by atoms with E-state index in [2.05, 4.69) is 29.4 Å². The van der Waals surface area contributed by atoms with Crippen molar-refractivity contribution in [1.29, 1.82) is 0 Å². The minimum absolute atomic E-state index is 0.0341. The molecule has 7 heteroatoms. The van der Waals surface area contributed by atoms with Crippen LogP contribution in [0.1, 0.15) is 66.2 Å². The number of aromatic nitrogens is 1. The lowest BCUT2D eigenvalue weighted by Gasteiger charge is -2.25. The van der Waals surface area contributed by atoms with Gasteiger partial charge in [-0.1, -0.05) is 55.9 Å². The van der Waals surface area contributed by atoms with E-state index >= 15 is 0 Å². The van der Waals surface area contributed by atoms with Crippen LogP contribution in [-0.4, -0.2) is 28.6 Å². The number of carbonyl (C=O) groups is 3. The Morgan fingerprint density at radius 1 is 1.06 bits per heavy atom. The zero-order valence-electron chi connectivity index (χ0n) is 21.6. The molecular formula is C28H42N4O3. The molecular weight excluding hydrogens is 440 g/mol. The van der Waals surface area contributed by atoms with Crippen molar-refractivity contribution >= 4 is 23.4 Å². The van der Waals surface area contributed by atoms with E-state index in [1.165, 1.54) is 12.5 Å². The van der Waals surface area contributed by atoms with Crippen LogP contribution in [0.25, 0.3) is 0 Å². The standard InChI is InChI=1S/C28H42N4O3/c1-20(15-16-22(3)28(35)32-25-14-10-11-19-31-25)12-8-6-5-7-9-13-21(2)26(29)24(27(30)34)18-17-23(4)33/h5-7,9-11,14-15,19,21-22,24,26H,8,12-13,16-18,29H2,1-4H3,(H2,30,34)(H,31,32,35)/b6-5+,9-7+,20-15+/t21-,22?,24+,26+/m0/s1. The summed E-state index contributed by atoms with van der Waals surface area (Å²) < 4.78 is 0. The molecule has 2 amide bonds. The van der Waals surface area contributed by atoms with Crippen LogP contribution in [0.5, 0.6) is 0 Å². The molecule has 7 nitrogen and oxygen atoms in total. The van der Waals surface area contributed by atoms with Gasteiger partial charge in [-0.3, -0.25) is 9.59 Å². The topological polar surface area (TPSA) is 128 Å². The number of allylic oxidation sites excluding steroid dienone is 6. The normalized spacial score (nSPS) is 15.6. The third-order valence-corrected chi connectivity index (χ3v) is 6.07.